The molecule has 1 saturated heterocycles. The van der Waals surface area contributed by atoms with Gasteiger partial charge in [-0.05, 0) is 32.0 Å². The molecular weight excluding hydrogens is 386 g/mol. The van der Waals surface area contributed by atoms with E-state index in [1.165, 1.54) is 6.07 Å². The fraction of sp³-hybridized carbons (Fsp3) is 0.333. The first kappa shape index (κ1) is 21.1. The van der Waals surface area contributed by atoms with Gasteiger partial charge in [0.2, 0.25) is 0 Å². The fourth-order valence-corrected chi connectivity index (χ4v) is 3.41. The summed E-state index contributed by atoms with van der Waals surface area (Å²) in [6.45, 7) is 5.54. The summed E-state index contributed by atoms with van der Waals surface area (Å²) in [5.41, 5.74) is 1.47. The summed E-state index contributed by atoms with van der Waals surface area (Å²) >= 11 is 0. The first-order chi connectivity index (χ1) is 14.4. The number of nitro benzene ring substituents is 1. The highest BCUT2D eigenvalue weighted by molar-refractivity contribution is 6.03. The quantitative estimate of drug-likeness (QED) is 0.581. The summed E-state index contributed by atoms with van der Waals surface area (Å²) in [4.78, 5) is 39.6. The minimum atomic E-state index is -0.392. The van der Waals surface area contributed by atoms with Gasteiger partial charge in [-0.15, -0.1) is 0 Å². The van der Waals surface area contributed by atoms with Crippen LogP contribution in [0.3, 0.4) is 0 Å². The number of carbonyl (C=O) groups excluding carboxylic acids is 2. The molecule has 0 saturated carbocycles. The molecule has 1 heterocycles. The van der Waals surface area contributed by atoms with Crippen LogP contribution < -0.4 is 15.5 Å². The van der Waals surface area contributed by atoms with Gasteiger partial charge in [0, 0.05) is 38.3 Å². The number of nitro groups is 1. The van der Waals surface area contributed by atoms with Crippen molar-refractivity contribution in [2.45, 2.75) is 19.9 Å². The van der Waals surface area contributed by atoms with E-state index in [1.807, 2.05) is 18.7 Å². The maximum Gasteiger partial charge on any atom is 0.319 e. The van der Waals surface area contributed by atoms with Crippen molar-refractivity contribution >= 4 is 29.0 Å². The van der Waals surface area contributed by atoms with Gasteiger partial charge in [-0.1, -0.05) is 24.3 Å². The zero-order valence-corrected chi connectivity index (χ0v) is 17.0. The first-order valence-corrected chi connectivity index (χ1v) is 9.81. The Hall–Kier alpha value is -3.62. The Labute approximate surface area is 174 Å². The van der Waals surface area contributed by atoms with Crippen LogP contribution in [0.2, 0.25) is 0 Å². The van der Waals surface area contributed by atoms with Crippen molar-refractivity contribution in [1.82, 2.24) is 10.2 Å². The number of piperazine rings is 1. The normalized spacial score (nSPS) is 13.8. The molecule has 2 aromatic carbocycles. The first-order valence-electron chi connectivity index (χ1n) is 9.81. The van der Waals surface area contributed by atoms with Crippen LogP contribution >= 0.6 is 0 Å². The SMILES string of the molecule is CC(C)NC(=O)Nc1ccccc1C(=O)N1CCN(c2ccccc2[N+](=O)[O-])CC1. The third kappa shape index (κ3) is 4.86. The van der Waals surface area contributed by atoms with E-state index in [1.54, 1.807) is 47.4 Å². The van der Waals surface area contributed by atoms with Gasteiger partial charge < -0.3 is 20.4 Å². The predicted molar refractivity (Wildman–Crippen MR) is 115 cm³/mol. The van der Waals surface area contributed by atoms with E-state index in [9.17, 15) is 19.7 Å². The molecule has 3 rings (SSSR count). The van der Waals surface area contributed by atoms with E-state index < -0.39 is 4.92 Å². The van der Waals surface area contributed by atoms with Crippen molar-refractivity contribution in [3.8, 4) is 0 Å². The minimum Gasteiger partial charge on any atom is -0.362 e. The standard InChI is InChI=1S/C21H25N5O4/c1-15(2)22-21(28)23-17-8-4-3-7-16(17)20(27)25-13-11-24(12-14-25)18-9-5-6-10-19(18)26(29)30/h3-10,15H,11-14H2,1-2H3,(H2,22,23,28). The van der Waals surface area contributed by atoms with E-state index in [-0.39, 0.29) is 23.7 Å². The lowest BCUT2D eigenvalue weighted by molar-refractivity contribution is -0.384. The number of carbonyl (C=O) groups is 2. The van der Waals surface area contributed by atoms with Crippen LogP contribution in [0.1, 0.15) is 24.2 Å². The molecule has 9 heteroatoms. The number of para-hydroxylation sites is 3. The molecule has 0 unspecified atom stereocenters. The van der Waals surface area contributed by atoms with Crippen LogP contribution in [-0.2, 0) is 0 Å². The summed E-state index contributed by atoms with van der Waals surface area (Å²) in [5, 5.41) is 16.8. The summed E-state index contributed by atoms with van der Waals surface area (Å²) in [6.07, 6.45) is 0. The van der Waals surface area contributed by atoms with E-state index in [4.69, 9.17) is 0 Å². The number of nitrogens with one attached hydrogen (secondary N) is 2. The second kappa shape index (κ2) is 9.25. The average molecular weight is 411 g/mol. The van der Waals surface area contributed by atoms with E-state index in [0.29, 0.717) is 43.1 Å². The monoisotopic (exact) mass is 411 g/mol. The van der Waals surface area contributed by atoms with Gasteiger partial charge >= 0.3 is 6.03 Å². The Morgan fingerprint density at radius 2 is 1.63 bits per heavy atom. The van der Waals surface area contributed by atoms with Gasteiger partial charge in [-0.25, -0.2) is 4.79 Å². The molecule has 9 nitrogen and oxygen atoms in total. The highest BCUT2D eigenvalue weighted by Gasteiger charge is 2.27. The van der Waals surface area contributed by atoms with Crippen LogP contribution in [0, 0.1) is 10.1 Å². The molecule has 2 N–H and O–H groups in total. The van der Waals surface area contributed by atoms with E-state index in [2.05, 4.69) is 10.6 Å². The Morgan fingerprint density at radius 1 is 1.00 bits per heavy atom. The molecule has 0 aliphatic carbocycles. The number of nitrogens with zero attached hydrogens (tertiary/aromatic N) is 3. The van der Waals surface area contributed by atoms with Crippen molar-refractivity contribution in [1.29, 1.82) is 0 Å². The smallest absolute Gasteiger partial charge is 0.319 e. The van der Waals surface area contributed by atoms with Crippen LogP contribution in [0.4, 0.5) is 21.9 Å². The molecule has 158 valence electrons. The van der Waals surface area contributed by atoms with Gasteiger partial charge in [0.15, 0.2) is 0 Å². The molecule has 1 fully saturated rings. The topological polar surface area (TPSA) is 108 Å². The number of amides is 3. The maximum atomic E-state index is 13.1. The number of anilines is 2. The third-order valence-corrected chi connectivity index (χ3v) is 4.81. The Morgan fingerprint density at radius 3 is 2.30 bits per heavy atom. The van der Waals surface area contributed by atoms with Gasteiger partial charge in [0.25, 0.3) is 11.6 Å². The zero-order valence-electron chi connectivity index (χ0n) is 17.0. The van der Waals surface area contributed by atoms with Crippen LogP contribution in [0.5, 0.6) is 0 Å². The third-order valence-electron chi connectivity index (χ3n) is 4.81. The molecule has 1 aliphatic rings. The van der Waals surface area contributed by atoms with Gasteiger partial charge in [0.1, 0.15) is 5.69 Å². The molecule has 0 bridgehead atoms. The van der Waals surface area contributed by atoms with Crippen LogP contribution in [0.25, 0.3) is 0 Å². The molecule has 1 aliphatic heterocycles. The van der Waals surface area contributed by atoms with E-state index in [0.717, 1.165) is 0 Å². The molecule has 2 aromatic rings. The Balaban J connectivity index is 1.69. The van der Waals surface area contributed by atoms with Gasteiger partial charge in [-0.2, -0.15) is 0 Å². The zero-order chi connectivity index (χ0) is 21.7. The highest BCUT2D eigenvalue weighted by atomic mass is 16.6. The maximum absolute atomic E-state index is 13.1. The van der Waals surface area contributed by atoms with Gasteiger partial charge in [-0.3, -0.25) is 14.9 Å². The number of benzene rings is 2. The van der Waals surface area contributed by atoms with Crippen molar-refractivity contribution in [3.05, 3.63) is 64.2 Å². The summed E-state index contributed by atoms with van der Waals surface area (Å²) in [5.74, 6) is -0.183. The van der Waals surface area contributed by atoms with Crippen molar-refractivity contribution < 1.29 is 14.5 Å². The summed E-state index contributed by atoms with van der Waals surface area (Å²) in [6, 6.07) is 13.1. The lowest BCUT2D eigenvalue weighted by Crippen LogP contribution is -2.49. The number of rotatable bonds is 5. The number of hydrogen-bond donors (Lipinski definition) is 2. The lowest BCUT2D eigenvalue weighted by Gasteiger charge is -2.36. The minimum absolute atomic E-state index is 0.0250. The lowest BCUT2D eigenvalue weighted by atomic mass is 10.1. The molecule has 0 spiro atoms. The van der Waals surface area contributed by atoms with E-state index >= 15 is 0 Å². The largest absolute Gasteiger partial charge is 0.362 e. The molecule has 30 heavy (non-hydrogen) atoms. The van der Waals surface area contributed by atoms with Crippen LogP contribution in [0.15, 0.2) is 48.5 Å². The second-order valence-electron chi connectivity index (χ2n) is 7.32. The molecule has 0 aromatic heterocycles. The molecule has 0 atom stereocenters. The van der Waals surface area contributed by atoms with Crippen molar-refractivity contribution in [3.63, 3.8) is 0 Å². The van der Waals surface area contributed by atoms with Crippen molar-refractivity contribution in [2.24, 2.45) is 0 Å². The summed E-state index contributed by atoms with van der Waals surface area (Å²) < 4.78 is 0. The molecule has 0 radical (unpaired) electrons. The van der Waals surface area contributed by atoms with Crippen molar-refractivity contribution in [2.75, 3.05) is 36.4 Å². The molecular formula is C21H25N5O4. The Kier molecular flexibility index (Phi) is 6.51. The highest BCUT2D eigenvalue weighted by Crippen LogP contribution is 2.28. The van der Waals surface area contributed by atoms with Gasteiger partial charge in [0.05, 0.1) is 16.2 Å². The summed E-state index contributed by atoms with van der Waals surface area (Å²) in [7, 11) is 0. The van der Waals surface area contributed by atoms with Crippen LogP contribution in [-0.4, -0.2) is 54.0 Å². The predicted octanol–water partition coefficient (Wildman–Crippen LogP) is 3.09. The average Bonchev–Trinajstić information content (AvgIpc) is 2.73. The fourth-order valence-electron chi connectivity index (χ4n) is 3.41. The molecule has 3 amide bonds. The number of urea groups is 1. The number of hydrogen-bond acceptors (Lipinski definition) is 5. The second-order valence-corrected chi connectivity index (χ2v) is 7.32. The Bertz CT molecular complexity index is 938.